The molecule has 0 spiro atoms. The average molecular weight is 729 g/mol. The molecular weight excluding hydrogens is 689 g/mol. The molecule has 11 rings (SSSR count). The minimum Gasteiger partial charge on any atom is -0.310 e. The Morgan fingerprint density at radius 2 is 0.982 bits per heavy atom. The van der Waals surface area contributed by atoms with E-state index in [1.165, 1.54) is 82.8 Å². The Balaban J connectivity index is 1.20. The summed E-state index contributed by atoms with van der Waals surface area (Å²) in [4.78, 5) is 2.52. The van der Waals surface area contributed by atoms with Crippen LogP contribution in [0.5, 0.6) is 0 Å². The molecule has 270 valence electrons. The van der Waals surface area contributed by atoms with E-state index in [1.54, 1.807) is 0 Å². The minimum absolute atomic E-state index is 0.212. The highest BCUT2D eigenvalue weighted by Gasteiger charge is 2.39. The Morgan fingerprint density at radius 3 is 1.77 bits per heavy atom. The van der Waals surface area contributed by atoms with Crippen LogP contribution in [-0.4, -0.2) is 4.57 Å². The van der Waals surface area contributed by atoms with Gasteiger partial charge in [0, 0.05) is 33.1 Å². The first kappa shape index (κ1) is 33.2. The molecule has 1 aliphatic rings. The van der Waals surface area contributed by atoms with Crippen molar-refractivity contribution in [3.63, 3.8) is 0 Å². The lowest BCUT2D eigenvalue weighted by atomic mass is 9.81. The van der Waals surface area contributed by atoms with E-state index >= 15 is 0 Å². The van der Waals surface area contributed by atoms with Crippen molar-refractivity contribution in [3.05, 3.63) is 217 Å². The van der Waals surface area contributed by atoms with E-state index in [0.717, 1.165) is 17.1 Å². The maximum absolute atomic E-state index is 2.52. The number of rotatable bonds is 6. The van der Waals surface area contributed by atoms with E-state index in [9.17, 15) is 0 Å². The van der Waals surface area contributed by atoms with E-state index in [4.69, 9.17) is 0 Å². The van der Waals surface area contributed by atoms with Crippen LogP contribution in [0.1, 0.15) is 25.0 Å². The normalized spacial score (nSPS) is 12.9. The van der Waals surface area contributed by atoms with E-state index in [1.807, 2.05) is 0 Å². The van der Waals surface area contributed by atoms with Gasteiger partial charge in [0.05, 0.1) is 22.4 Å². The number of nitrogens with zero attached hydrogens (tertiary/aromatic N) is 2. The zero-order chi connectivity index (χ0) is 38.1. The van der Waals surface area contributed by atoms with Crippen molar-refractivity contribution < 1.29 is 0 Å². The summed E-state index contributed by atoms with van der Waals surface area (Å²) in [6.07, 6.45) is 0. The van der Waals surface area contributed by atoms with E-state index in [-0.39, 0.29) is 5.41 Å². The fourth-order valence-electron chi connectivity index (χ4n) is 9.61. The van der Waals surface area contributed by atoms with Gasteiger partial charge in [0.25, 0.3) is 0 Å². The number of fused-ring (bicyclic) bond motifs is 7. The second-order valence-electron chi connectivity index (χ2n) is 15.7. The second kappa shape index (κ2) is 13.0. The maximum atomic E-state index is 2.52. The standard InChI is InChI=1S/C55H40N2/c1-55(2)49-29-12-8-24-43(49)47-28-17-33-53(54(47)55)56(40-22-16-21-38(34-40)37-18-4-3-5-19-37)52-32-15-11-27-46(52)48-36-41(35-39-20-6-7-23-42(39)48)57-50-30-13-9-25-44(50)45-26-10-14-31-51(45)57/h3-36H,1-2H3. The topological polar surface area (TPSA) is 8.17 Å². The first-order chi connectivity index (χ1) is 28.1. The van der Waals surface area contributed by atoms with E-state index in [0.29, 0.717) is 0 Å². The lowest BCUT2D eigenvalue weighted by molar-refractivity contribution is 0.661. The summed E-state index contributed by atoms with van der Waals surface area (Å²) in [6.45, 7) is 4.77. The lowest BCUT2D eigenvalue weighted by Crippen LogP contribution is -2.21. The third kappa shape index (κ3) is 5.18. The van der Waals surface area contributed by atoms with Crippen molar-refractivity contribution in [2.75, 3.05) is 4.90 Å². The molecule has 0 atom stereocenters. The molecule has 0 fully saturated rings. The Kier molecular flexibility index (Phi) is 7.55. The van der Waals surface area contributed by atoms with Crippen LogP contribution in [0.25, 0.3) is 71.6 Å². The molecule has 9 aromatic carbocycles. The summed E-state index contributed by atoms with van der Waals surface area (Å²) in [7, 11) is 0. The summed E-state index contributed by atoms with van der Waals surface area (Å²) in [5.41, 5.74) is 16.8. The molecule has 1 aliphatic carbocycles. The van der Waals surface area contributed by atoms with Gasteiger partial charge in [-0.15, -0.1) is 0 Å². The third-order valence-electron chi connectivity index (χ3n) is 12.1. The molecule has 10 aromatic rings. The lowest BCUT2D eigenvalue weighted by Gasteiger charge is -2.33. The van der Waals surface area contributed by atoms with Gasteiger partial charge < -0.3 is 9.47 Å². The SMILES string of the molecule is CC1(C)c2ccccc2-c2cccc(N(c3cccc(-c4ccccc4)c3)c3ccccc3-c3cc(-n4c5ccccc5c5ccccc54)cc4ccccc34)c21. The molecule has 2 nitrogen and oxygen atoms in total. The molecule has 57 heavy (non-hydrogen) atoms. The summed E-state index contributed by atoms with van der Waals surface area (Å²) in [5.74, 6) is 0. The zero-order valence-corrected chi connectivity index (χ0v) is 32.0. The van der Waals surface area contributed by atoms with Gasteiger partial charge in [-0.05, 0) is 98.2 Å². The Labute approximate surface area is 333 Å². The smallest absolute Gasteiger partial charge is 0.0541 e. The molecule has 0 saturated heterocycles. The highest BCUT2D eigenvalue weighted by molar-refractivity contribution is 6.10. The quantitative estimate of drug-likeness (QED) is 0.165. The number of aromatic nitrogens is 1. The van der Waals surface area contributed by atoms with Crippen LogP contribution >= 0.6 is 0 Å². The monoisotopic (exact) mass is 728 g/mol. The third-order valence-corrected chi connectivity index (χ3v) is 12.1. The first-order valence-corrected chi connectivity index (χ1v) is 19.9. The van der Waals surface area contributed by atoms with Gasteiger partial charge in [0.15, 0.2) is 0 Å². The first-order valence-electron chi connectivity index (χ1n) is 19.9. The minimum atomic E-state index is -0.212. The predicted octanol–water partition coefficient (Wildman–Crippen LogP) is 15.0. The molecule has 0 bridgehead atoms. The Bertz CT molecular complexity index is 3110. The van der Waals surface area contributed by atoms with Crippen molar-refractivity contribution in [1.29, 1.82) is 0 Å². The fourth-order valence-corrected chi connectivity index (χ4v) is 9.61. The summed E-state index contributed by atoms with van der Waals surface area (Å²) in [5, 5.41) is 4.94. The second-order valence-corrected chi connectivity index (χ2v) is 15.7. The Hall–Kier alpha value is -7.16. The Morgan fingerprint density at radius 1 is 0.404 bits per heavy atom. The molecule has 0 aliphatic heterocycles. The molecule has 2 heteroatoms. The summed E-state index contributed by atoms with van der Waals surface area (Å²) >= 11 is 0. The largest absolute Gasteiger partial charge is 0.310 e. The van der Waals surface area contributed by atoms with Crippen molar-refractivity contribution in [3.8, 4) is 39.1 Å². The van der Waals surface area contributed by atoms with Crippen LogP contribution in [0.3, 0.4) is 0 Å². The van der Waals surface area contributed by atoms with Crippen molar-refractivity contribution in [2.45, 2.75) is 19.3 Å². The van der Waals surface area contributed by atoms with Crippen LogP contribution in [0.2, 0.25) is 0 Å². The average Bonchev–Trinajstić information content (AvgIpc) is 3.73. The molecule has 0 amide bonds. The van der Waals surface area contributed by atoms with Crippen LogP contribution in [0.15, 0.2) is 206 Å². The molecule has 0 unspecified atom stereocenters. The number of hydrogen-bond donors (Lipinski definition) is 0. The number of para-hydroxylation sites is 3. The maximum Gasteiger partial charge on any atom is 0.0541 e. The molecule has 0 saturated carbocycles. The van der Waals surface area contributed by atoms with Crippen LogP contribution in [-0.2, 0) is 5.41 Å². The van der Waals surface area contributed by atoms with Crippen LogP contribution in [0.4, 0.5) is 17.1 Å². The van der Waals surface area contributed by atoms with Gasteiger partial charge >= 0.3 is 0 Å². The van der Waals surface area contributed by atoms with Gasteiger partial charge in [-0.25, -0.2) is 0 Å². The molecular formula is C55H40N2. The van der Waals surface area contributed by atoms with Gasteiger partial charge in [-0.3, -0.25) is 0 Å². The van der Waals surface area contributed by atoms with Crippen molar-refractivity contribution >= 4 is 49.6 Å². The number of anilines is 3. The highest BCUT2D eigenvalue weighted by atomic mass is 15.1. The van der Waals surface area contributed by atoms with E-state index in [2.05, 4.69) is 230 Å². The zero-order valence-electron chi connectivity index (χ0n) is 32.0. The summed E-state index contributed by atoms with van der Waals surface area (Å²) in [6, 6.07) is 75.7. The molecule has 1 aromatic heterocycles. The van der Waals surface area contributed by atoms with Gasteiger partial charge in [-0.2, -0.15) is 0 Å². The highest BCUT2D eigenvalue weighted by Crippen LogP contribution is 2.55. The summed E-state index contributed by atoms with van der Waals surface area (Å²) < 4.78 is 2.44. The van der Waals surface area contributed by atoms with Crippen LogP contribution < -0.4 is 4.90 Å². The molecule has 1 heterocycles. The van der Waals surface area contributed by atoms with Crippen molar-refractivity contribution in [1.82, 2.24) is 4.57 Å². The number of benzene rings is 9. The van der Waals surface area contributed by atoms with E-state index < -0.39 is 0 Å². The van der Waals surface area contributed by atoms with Gasteiger partial charge in [0.2, 0.25) is 0 Å². The van der Waals surface area contributed by atoms with Gasteiger partial charge in [0.1, 0.15) is 0 Å². The molecule has 0 radical (unpaired) electrons. The van der Waals surface area contributed by atoms with Gasteiger partial charge in [-0.1, -0.05) is 172 Å². The van der Waals surface area contributed by atoms with Crippen LogP contribution in [0, 0.1) is 0 Å². The number of hydrogen-bond acceptors (Lipinski definition) is 1. The van der Waals surface area contributed by atoms with Crippen molar-refractivity contribution in [2.24, 2.45) is 0 Å². The fraction of sp³-hybridized carbons (Fsp3) is 0.0545. The molecule has 0 N–H and O–H groups in total. The predicted molar refractivity (Wildman–Crippen MR) is 241 cm³/mol.